The normalized spacial score (nSPS) is 17.0. The third-order valence-electron chi connectivity index (χ3n) is 4.40. The molecule has 0 N–H and O–H groups in total. The highest BCUT2D eigenvalue weighted by Crippen LogP contribution is 2.38. The molecule has 0 heterocycles. The Morgan fingerprint density at radius 1 is 1.05 bits per heavy atom. The largest absolute Gasteiger partial charge is 0.426 e. The van der Waals surface area contributed by atoms with Gasteiger partial charge in [0, 0.05) is 12.1 Å². The molecule has 1 atom stereocenters. The predicted molar refractivity (Wildman–Crippen MR) is 105 cm³/mol. The molecule has 0 bridgehead atoms. The summed E-state index contributed by atoms with van der Waals surface area (Å²) in [6.07, 6.45) is 5.84. The first-order chi connectivity index (χ1) is 10.1. The molecule has 0 aliphatic heterocycles. The maximum Gasteiger partial charge on any atom is 0.160 e. The van der Waals surface area contributed by atoms with Crippen molar-refractivity contribution in [1.29, 1.82) is 0 Å². The molecule has 2 rings (SSSR count). The van der Waals surface area contributed by atoms with Crippen molar-refractivity contribution in [1.82, 2.24) is 4.23 Å². The lowest BCUT2D eigenvalue weighted by Gasteiger charge is -2.44. The van der Waals surface area contributed by atoms with Crippen LogP contribution >= 0.6 is 0 Å². The topological polar surface area (TPSA) is 3.24 Å². The minimum absolute atomic E-state index is 0.227. The first-order valence-electron chi connectivity index (χ1n) is 8.37. The summed E-state index contributed by atoms with van der Waals surface area (Å²) >= 11 is 0. The number of rotatable bonds is 4. The molecule has 1 nitrogen and oxygen atoms in total. The zero-order valence-electron chi connectivity index (χ0n) is 15.3. The van der Waals surface area contributed by atoms with Gasteiger partial charge in [0.15, 0.2) is 8.96 Å². The van der Waals surface area contributed by atoms with Gasteiger partial charge in [-0.1, -0.05) is 89.4 Å². The van der Waals surface area contributed by atoms with Crippen LogP contribution in [0.4, 0.5) is 0 Å². The number of benzene rings is 1. The van der Waals surface area contributed by atoms with Crippen molar-refractivity contribution in [2.45, 2.75) is 53.4 Å². The Bertz CT molecular complexity index is 574. The van der Waals surface area contributed by atoms with Gasteiger partial charge in [-0.3, -0.25) is 0 Å². The molecular weight excluding hydrogens is 298 g/mol. The maximum absolute atomic E-state index is 2.89. The predicted octanol–water partition coefficient (Wildman–Crippen LogP) is 4.64. The Labute approximate surface area is 139 Å². The van der Waals surface area contributed by atoms with Crippen LogP contribution in [0, 0.1) is 5.41 Å². The summed E-state index contributed by atoms with van der Waals surface area (Å²) in [5.74, 6) is 0. The van der Waals surface area contributed by atoms with Crippen LogP contribution in [0.3, 0.4) is 0 Å². The highest BCUT2D eigenvalue weighted by Gasteiger charge is 2.35. The lowest BCUT2D eigenvalue weighted by molar-refractivity contribution is 0.503. The van der Waals surface area contributed by atoms with Crippen molar-refractivity contribution in [2.24, 2.45) is 5.41 Å². The number of allylic oxidation sites excluding steroid dienone is 3. The Morgan fingerprint density at radius 3 is 2.14 bits per heavy atom. The van der Waals surface area contributed by atoms with Crippen molar-refractivity contribution >= 4 is 22.4 Å². The van der Waals surface area contributed by atoms with Gasteiger partial charge < -0.3 is 4.23 Å². The van der Waals surface area contributed by atoms with Gasteiger partial charge in [0.1, 0.15) is 8.24 Å². The van der Waals surface area contributed by atoms with Gasteiger partial charge in [0.2, 0.25) is 0 Å². The number of hydrogen-bond acceptors (Lipinski definition) is 1. The van der Waals surface area contributed by atoms with Gasteiger partial charge >= 0.3 is 0 Å². The maximum atomic E-state index is 2.89. The summed E-state index contributed by atoms with van der Waals surface area (Å²) in [6.45, 7) is 17.0. The molecular formula is C19H31NSi2. The molecule has 0 saturated heterocycles. The lowest BCUT2D eigenvalue weighted by Crippen LogP contribution is -2.57. The van der Waals surface area contributed by atoms with E-state index in [2.05, 4.69) is 93.7 Å². The monoisotopic (exact) mass is 329 g/mol. The Kier molecular flexibility index (Phi) is 4.88. The molecule has 120 valence electrons. The van der Waals surface area contributed by atoms with E-state index in [1.54, 1.807) is 16.5 Å². The summed E-state index contributed by atoms with van der Waals surface area (Å²) in [5, 5.41) is 1.55. The fourth-order valence-electron chi connectivity index (χ4n) is 3.51. The molecule has 1 aliphatic rings. The Hall–Kier alpha value is -1.07. The zero-order chi connectivity index (χ0) is 16.5. The first-order valence-corrected chi connectivity index (χ1v) is 14.1. The average molecular weight is 330 g/mol. The minimum atomic E-state index is -1.42. The molecule has 0 radical (unpaired) electrons. The van der Waals surface area contributed by atoms with Gasteiger partial charge in [-0.25, -0.2) is 0 Å². The molecule has 1 aromatic rings. The van der Waals surface area contributed by atoms with E-state index in [1.165, 1.54) is 0 Å². The van der Waals surface area contributed by atoms with E-state index in [0.717, 1.165) is 6.42 Å². The fraction of sp³-hybridized carbons (Fsp3) is 0.474. The number of hydrogen-bond donors (Lipinski definition) is 0. The molecule has 0 fully saturated rings. The van der Waals surface area contributed by atoms with Crippen LogP contribution in [-0.2, 0) is 0 Å². The lowest BCUT2D eigenvalue weighted by atomic mass is 9.86. The van der Waals surface area contributed by atoms with E-state index < -0.39 is 17.2 Å². The minimum Gasteiger partial charge on any atom is -0.426 e. The summed E-state index contributed by atoms with van der Waals surface area (Å²) < 4.78 is 2.89. The molecule has 0 saturated carbocycles. The standard InChI is InChI=1S/C19H31NSi2/c1-19(2,3)17-14-11-15-18(17)20(22(5,6)7)21(4)16-12-9-8-10-13-16/h8-14,21H,15H2,1-7H3. The molecule has 1 unspecified atom stereocenters. The second kappa shape index (κ2) is 6.21. The molecule has 0 spiro atoms. The summed E-state index contributed by atoms with van der Waals surface area (Å²) in [5.41, 5.74) is 3.38. The summed E-state index contributed by atoms with van der Waals surface area (Å²) in [4.78, 5) is 0. The van der Waals surface area contributed by atoms with E-state index in [0.29, 0.717) is 0 Å². The van der Waals surface area contributed by atoms with Crippen molar-refractivity contribution < 1.29 is 0 Å². The van der Waals surface area contributed by atoms with Crippen molar-refractivity contribution in [3.8, 4) is 0 Å². The quantitative estimate of drug-likeness (QED) is 0.727. The first kappa shape index (κ1) is 17.3. The van der Waals surface area contributed by atoms with E-state index in [4.69, 9.17) is 0 Å². The second-order valence-corrected chi connectivity index (χ2v) is 16.2. The van der Waals surface area contributed by atoms with E-state index >= 15 is 0 Å². The number of nitrogens with zero attached hydrogens (tertiary/aromatic N) is 1. The van der Waals surface area contributed by atoms with Crippen molar-refractivity contribution in [2.75, 3.05) is 0 Å². The highest BCUT2D eigenvalue weighted by atomic mass is 28.4. The summed E-state index contributed by atoms with van der Waals surface area (Å²) in [6, 6.07) is 11.1. The van der Waals surface area contributed by atoms with Gasteiger partial charge in [0.05, 0.1) is 0 Å². The molecule has 0 aromatic heterocycles. The van der Waals surface area contributed by atoms with E-state index in [9.17, 15) is 0 Å². The van der Waals surface area contributed by atoms with Crippen LogP contribution in [0.5, 0.6) is 0 Å². The SMILES string of the molecule is C[SiH](c1ccccc1)N(C1=C(C(C)(C)C)C=CC1)[Si](C)(C)C. The van der Waals surface area contributed by atoms with Gasteiger partial charge in [-0.05, 0) is 16.2 Å². The third-order valence-corrected chi connectivity index (χ3v) is 12.0. The highest BCUT2D eigenvalue weighted by molar-refractivity contribution is 6.87. The smallest absolute Gasteiger partial charge is 0.160 e. The fourth-order valence-corrected chi connectivity index (χ4v) is 11.4. The second-order valence-electron chi connectivity index (χ2n) is 8.34. The molecule has 1 aliphatic carbocycles. The van der Waals surface area contributed by atoms with E-state index in [-0.39, 0.29) is 5.41 Å². The average Bonchev–Trinajstić information content (AvgIpc) is 2.87. The molecule has 22 heavy (non-hydrogen) atoms. The van der Waals surface area contributed by atoms with Crippen LogP contribution in [0.1, 0.15) is 27.2 Å². The van der Waals surface area contributed by atoms with Crippen molar-refractivity contribution in [3.63, 3.8) is 0 Å². The van der Waals surface area contributed by atoms with Crippen LogP contribution in [-0.4, -0.2) is 21.4 Å². The molecule has 3 heteroatoms. The summed E-state index contributed by atoms with van der Waals surface area (Å²) in [7, 11) is -2.59. The van der Waals surface area contributed by atoms with Crippen molar-refractivity contribution in [3.05, 3.63) is 53.8 Å². The molecule has 1 aromatic carbocycles. The third kappa shape index (κ3) is 3.63. The zero-order valence-corrected chi connectivity index (χ0v) is 17.4. The Balaban J connectivity index is 2.49. The van der Waals surface area contributed by atoms with E-state index in [1.807, 2.05) is 0 Å². The van der Waals surface area contributed by atoms with Gasteiger partial charge in [-0.2, -0.15) is 0 Å². The van der Waals surface area contributed by atoms with Crippen LogP contribution in [0.15, 0.2) is 53.8 Å². The Morgan fingerprint density at radius 2 is 1.64 bits per heavy atom. The van der Waals surface area contributed by atoms with Crippen LogP contribution < -0.4 is 5.19 Å². The van der Waals surface area contributed by atoms with Crippen LogP contribution in [0.2, 0.25) is 26.2 Å². The molecule has 0 amide bonds. The van der Waals surface area contributed by atoms with Gasteiger partial charge in [-0.15, -0.1) is 0 Å². The van der Waals surface area contributed by atoms with Gasteiger partial charge in [0.25, 0.3) is 0 Å². The van der Waals surface area contributed by atoms with Crippen LogP contribution in [0.25, 0.3) is 0 Å².